The van der Waals surface area contributed by atoms with Gasteiger partial charge in [0.1, 0.15) is 12.1 Å². The number of carbonyl (C=O) groups excluding carboxylic acids is 2. The normalized spacial score (nSPS) is 35.6. The van der Waals surface area contributed by atoms with Crippen LogP contribution in [0.4, 0.5) is 0 Å². The Morgan fingerprint density at radius 3 is 2.68 bits per heavy atom. The van der Waals surface area contributed by atoms with E-state index in [-0.39, 0.29) is 23.9 Å². The van der Waals surface area contributed by atoms with E-state index in [1.807, 2.05) is 23.6 Å². The van der Waals surface area contributed by atoms with E-state index in [4.69, 9.17) is 0 Å². The first-order valence-electron chi connectivity index (χ1n) is 7.39. The van der Waals surface area contributed by atoms with Crippen LogP contribution in [0.2, 0.25) is 0 Å². The molecule has 2 saturated heterocycles. The highest BCUT2D eigenvalue weighted by molar-refractivity contribution is 7.99. The molecule has 3 rings (SSSR count). The molecule has 2 heterocycles. The number of carbonyl (C=O) groups is 2. The predicted octanol–water partition coefficient (Wildman–Crippen LogP) is 1.26. The Balaban J connectivity index is 1.74. The third-order valence-electron chi connectivity index (χ3n) is 4.48. The topological polar surface area (TPSA) is 49.4 Å². The number of nitrogens with zero attached hydrogens (tertiary/aromatic N) is 1. The molecule has 3 aliphatic rings. The molecule has 4 nitrogen and oxygen atoms in total. The van der Waals surface area contributed by atoms with Crippen molar-refractivity contribution in [1.82, 2.24) is 10.2 Å². The molecule has 106 valence electrons. The lowest BCUT2D eigenvalue weighted by Gasteiger charge is -2.40. The van der Waals surface area contributed by atoms with Crippen LogP contribution in [0.3, 0.4) is 0 Å². The molecule has 0 spiro atoms. The summed E-state index contributed by atoms with van der Waals surface area (Å²) in [4.78, 5) is 26.7. The van der Waals surface area contributed by atoms with Gasteiger partial charge < -0.3 is 10.2 Å². The zero-order chi connectivity index (χ0) is 13.4. The van der Waals surface area contributed by atoms with Gasteiger partial charge in [0.05, 0.1) is 0 Å². The Morgan fingerprint density at radius 2 is 2.11 bits per heavy atom. The molecule has 0 aromatic heterocycles. The zero-order valence-electron chi connectivity index (χ0n) is 11.4. The van der Waals surface area contributed by atoms with E-state index in [2.05, 4.69) is 5.32 Å². The summed E-state index contributed by atoms with van der Waals surface area (Å²) >= 11 is 1.96. The Bertz CT molecular complexity index is 378. The minimum Gasteiger partial charge on any atom is -0.342 e. The van der Waals surface area contributed by atoms with Crippen molar-refractivity contribution in [1.29, 1.82) is 0 Å². The second kappa shape index (κ2) is 5.35. The summed E-state index contributed by atoms with van der Waals surface area (Å²) in [6, 6.07) is -0.475. The fourth-order valence-corrected chi connectivity index (χ4v) is 4.43. The van der Waals surface area contributed by atoms with Crippen molar-refractivity contribution in [3.8, 4) is 0 Å². The summed E-state index contributed by atoms with van der Waals surface area (Å²) in [6.45, 7) is 2.77. The predicted molar refractivity (Wildman–Crippen MR) is 75.9 cm³/mol. The first kappa shape index (κ1) is 13.3. The van der Waals surface area contributed by atoms with Crippen LogP contribution in [-0.2, 0) is 9.59 Å². The number of amides is 2. The minimum atomic E-state index is -0.243. The van der Waals surface area contributed by atoms with Gasteiger partial charge in [-0.3, -0.25) is 9.59 Å². The second-order valence-corrected chi connectivity index (χ2v) is 7.12. The van der Waals surface area contributed by atoms with Gasteiger partial charge in [-0.05, 0) is 49.0 Å². The molecule has 1 saturated carbocycles. The van der Waals surface area contributed by atoms with E-state index >= 15 is 0 Å². The maximum atomic E-state index is 12.6. The average molecular weight is 282 g/mol. The average Bonchev–Trinajstić information content (AvgIpc) is 3.11. The molecule has 19 heavy (non-hydrogen) atoms. The Kier molecular flexibility index (Phi) is 3.74. The Hall–Kier alpha value is -0.710. The molecule has 2 amide bonds. The van der Waals surface area contributed by atoms with E-state index in [0.29, 0.717) is 11.8 Å². The van der Waals surface area contributed by atoms with Gasteiger partial charge in [0.15, 0.2) is 0 Å². The van der Waals surface area contributed by atoms with Gasteiger partial charge in [0, 0.05) is 6.54 Å². The molecule has 1 N–H and O–H groups in total. The summed E-state index contributed by atoms with van der Waals surface area (Å²) < 4.78 is 0. The lowest BCUT2D eigenvalue weighted by atomic mass is 9.99. The number of hydrogen-bond donors (Lipinski definition) is 1. The van der Waals surface area contributed by atoms with Gasteiger partial charge in [-0.25, -0.2) is 0 Å². The molecular formula is C14H22N2O2S. The monoisotopic (exact) mass is 282 g/mol. The van der Waals surface area contributed by atoms with Gasteiger partial charge in [0.25, 0.3) is 0 Å². The van der Waals surface area contributed by atoms with Gasteiger partial charge >= 0.3 is 0 Å². The van der Waals surface area contributed by atoms with Crippen LogP contribution in [0.25, 0.3) is 0 Å². The molecule has 3 atom stereocenters. The van der Waals surface area contributed by atoms with Crippen molar-refractivity contribution in [3.05, 3.63) is 0 Å². The molecule has 0 aromatic carbocycles. The maximum Gasteiger partial charge on any atom is 0.246 e. The molecule has 0 aromatic rings. The van der Waals surface area contributed by atoms with Crippen LogP contribution in [0, 0.1) is 11.8 Å². The molecule has 3 unspecified atom stereocenters. The first-order valence-corrected chi connectivity index (χ1v) is 8.54. The van der Waals surface area contributed by atoms with Crippen LogP contribution in [0.15, 0.2) is 0 Å². The van der Waals surface area contributed by atoms with Gasteiger partial charge in [-0.2, -0.15) is 11.8 Å². The lowest BCUT2D eigenvalue weighted by Crippen LogP contribution is -2.64. The van der Waals surface area contributed by atoms with Gasteiger partial charge in [-0.15, -0.1) is 0 Å². The fourth-order valence-electron chi connectivity index (χ4n) is 3.16. The van der Waals surface area contributed by atoms with Crippen molar-refractivity contribution < 1.29 is 9.59 Å². The zero-order valence-corrected chi connectivity index (χ0v) is 12.2. The minimum absolute atomic E-state index is 0.0599. The highest BCUT2D eigenvalue weighted by atomic mass is 32.2. The molecule has 2 aliphatic heterocycles. The van der Waals surface area contributed by atoms with E-state index in [0.717, 1.165) is 31.6 Å². The highest BCUT2D eigenvalue weighted by Crippen LogP contribution is 2.36. The van der Waals surface area contributed by atoms with Crippen LogP contribution in [0.1, 0.15) is 32.6 Å². The summed E-state index contributed by atoms with van der Waals surface area (Å²) in [5, 5.41) is 2.95. The number of rotatable bonds is 4. The molecule has 0 radical (unpaired) electrons. The van der Waals surface area contributed by atoms with Crippen molar-refractivity contribution in [3.63, 3.8) is 0 Å². The lowest BCUT2D eigenvalue weighted by molar-refractivity contribution is -0.150. The third kappa shape index (κ3) is 2.62. The smallest absolute Gasteiger partial charge is 0.246 e. The number of hydrogen-bond acceptors (Lipinski definition) is 3. The molecule has 3 fully saturated rings. The standard InChI is InChI=1S/C14H22N2O2S/c1-2-11-13(17)15-12(10-3-4-10)14(18)16(11)7-9-5-6-19-8-9/h9-12H,2-8H2,1H3,(H,15,17). The molecular weight excluding hydrogens is 260 g/mol. The number of thioether (sulfide) groups is 1. The fraction of sp³-hybridized carbons (Fsp3) is 0.857. The van der Waals surface area contributed by atoms with Gasteiger partial charge in [-0.1, -0.05) is 6.92 Å². The van der Waals surface area contributed by atoms with Crippen molar-refractivity contribution in [2.24, 2.45) is 11.8 Å². The van der Waals surface area contributed by atoms with Crippen LogP contribution in [0.5, 0.6) is 0 Å². The Labute approximate surface area is 118 Å². The highest BCUT2D eigenvalue weighted by Gasteiger charge is 2.46. The summed E-state index contributed by atoms with van der Waals surface area (Å²) in [5.74, 6) is 3.54. The molecule has 5 heteroatoms. The first-order chi connectivity index (χ1) is 9.20. The van der Waals surface area contributed by atoms with E-state index < -0.39 is 0 Å². The Morgan fingerprint density at radius 1 is 1.32 bits per heavy atom. The number of nitrogens with one attached hydrogen (secondary N) is 1. The largest absolute Gasteiger partial charge is 0.342 e. The maximum absolute atomic E-state index is 12.6. The van der Waals surface area contributed by atoms with E-state index in [1.165, 1.54) is 12.2 Å². The van der Waals surface area contributed by atoms with Crippen molar-refractivity contribution >= 4 is 23.6 Å². The van der Waals surface area contributed by atoms with Crippen LogP contribution >= 0.6 is 11.8 Å². The van der Waals surface area contributed by atoms with Gasteiger partial charge in [0.2, 0.25) is 11.8 Å². The van der Waals surface area contributed by atoms with Crippen LogP contribution < -0.4 is 5.32 Å². The third-order valence-corrected chi connectivity index (χ3v) is 5.72. The molecule has 1 aliphatic carbocycles. The second-order valence-electron chi connectivity index (χ2n) is 5.97. The number of piperazine rings is 1. The molecule has 0 bridgehead atoms. The van der Waals surface area contributed by atoms with Crippen LogP contribution in [-0.4, -0.2) is 46.8 Å². The SMILES string of the molecule is CCC1C(=O)NC(C2CC2)C(=O)N1CC1CCSC1. The summed E-state index contributed by atoms with van der Waals surface area (Å²) in [7, 11) is 0. The summed E-state index contributed by atoms with van der Waals surface area (Å²) in [6.07, 6.45) is 4.07. The summed E-state index contributed by atoms with van der Waals surface area (Å²) in [5.41, 5.74) is 0. The quantitative estimate of drug-likeness (QED) is 0.844. The van der Waals surface area contributed by atoms with E-state index in [1.54, 1.807) is 0 Å². The van der Waals surface area contributed by atoms with E-state index in [9.17, 15) is 9.59 Å². The van der Waals surface area contributed by atoms with Crippen molar-refractivity contribution in [2.45, 2.75) is 44.7 Å². The van der Waals surface area contributed by atoms with Crippen molar-refractivity contribution in [2.75, 3.05) is 18.1 Å².